The van der Waals surface area contributed by atoms with Gasteiger partial charge in [0.1, 0.15) is 0 Å². The van der Waals surface area contributed by atoms with E-state index in [4.69, 9.17) is 11.3 Å². The summed E-state index contributed by atoms with van der Waals surface area (Å²) in [4.78, 5) is 1.95. The first kappa shape index (κ1) is 7.34. The van der Waals surface area contributed by atoms with Gasteiger partial charge in [0.2, 0.25) is 5.96 Å². The second kappa shape index (κ2) is 2.88. The van der Waals surface area contributed by atoms with Crippen molar-refractivity contribution >= 4 is 5.96 Å². The van der Waals surface area contributed by atoms with Crippen LogP contribution in [0.5, 0.6) is 0 Å². The molecule has 0 amide bonds. The molecule has 1 aliphatic heterocycles. The first-order valence-electron chi connectivity index (χ1n) is 3.54. The summed E-state index contributed by atoms with van der Waals surface area (Å²) < 4.78 is 0. The van der Waals surface area contributed by atoms with Gasteiger partial charge in [0.25, 0.3) is 0 Å². The third-order valence-corrected chi connectivity index (χ3v) is 1.88. The van der Waals surface area contributed by atoms with Crippen LogP contribution in [0.15, 0.2) is 0 Å². The summed E-state index contributed by atoms with van der Waals surface area (Å²) in [5.41, 5.74) is 2.34. The predicted molar refractivity (Wildman–Crippen MR) is 40.4 cm³/mol. The molecule has 0 saturated carbocycles. The molecule has 1 heterocycles. The van der Waals surface area contributed by atoms with Gasteiger partial charge in [0.15, 0.2) is 0 Å². The highest BCUT2D eigenvalue weighted by atomic mass is 15.4. The van der Waals surface area contributed by atoms with Gasteiger partial charge in [-0.1, -0.05) is 6.92 Å². The Hall–Kier alpha value is -0.770. The Kier molecular flexibility index (Phi) is 2.11. The van der Waals surface area contributed by atoms with E-state index >= 15 is 0 Å². The summed E-state index contributed by atoms with van der Waals surface area (Å²) in [6.07, 6.45) is 1.17. The van der Waals surface area contributed by atoms with Crippen LogP contribution in [0.4, 0.5) is 0 Å². The van der Waals surface area contributed by atoms with Crippen LogP contribution >= 0.6 is 0 Å². The maximum atomic E-state index is 7.31. The van der Waals surface area contributed by atoms with Crippen molar-refractivity contribution in [2.24, 2.45) is 11.8 Å². The van der Waals surface area contributed by atoms with Crippen molar-refractivity contribution in [3.63, 3.8) is 0 Å². The fourth-order valence-corrected chi connectivity index (χ4v) is 1.23. The molecule has 0 bridgehead atoms. The van der Waals surface area contributed by atoms with Crippen molar-refractivity contribution < 1.29 is 0 Å². The van der Waals surface area contributed by atoms with Crippen LogP contribution in [0.3, 0.4) is 0 Å². The second-order valence-electron chi connectivity index (χ2n) is 2.83. The molecule has 0 spiro atoms. The summed E-state index contributed by atoms with van der Waals surface area (Å²) in [7, 11) is 0. The van der Waals surface area contributed by atoms with E-state index in [1.165, 1.54) is 6.42 Å². The Morgan fingerprint density at radius 1 is 1.80 bits per heavy atom. The molecular weight excluding hydrogens is 128 g/mol. The predicted octanol–water partition coefficient (Wildman–Crippen LogP) is -0.274. The van der Waals surface area contributed by atoms with Crippen LogP contribution in [0.2, 0.25) is 0 Å². The molecule has 4 nitrogen and oxygen atoms in total. The van der Waals surface area contributed by atoms with Gasteiger partial charge in [0.05, 0.1) is 0 Å². The SMILES string of the molecule is CC1CCN(C(=N)NN)C1. The summed E-state index contributed by atoms with van der Waals surface area (Å²) in [5, 5.41) is 7.31. The number of hydrogen-bond acceptors (Lipinski definition) is 2. The third-order valence-electron chi connectivity index (χ3n) is 1.88. The minimum atomic E-state index is 0.337. The van der Waals surface area contributed by atoms with Crippen LogP contribution in [0, 0.1) is 11.3 Å². The Morgan fingerprint density at radius 2 is 2.50 bits per heavy atom. The van der Waals surface area contributed by atoms with Crippen LogP contribution in [0.25, 0.3) is 0 Å². The van der Waals surface area contributed by atoms with Crippen LogP contribution in [-0.4, -0.2) is 23.9 Å². The first-order chi connectivity index (χ1) is 4.74. The quantitative estimate of drug-likeness (QED) is 0.189. The van der Waals surface area contributed by atoms with E-state index in [1.807, 2.05) is 4.90 Å². The normalized spacial score (nSPS) is 25.0. The minimum absolute atomic E-state index is 0.337. The lowest BCUT2D eigenvalue weighted by Gasteiger charge is -2.17. The number of rotatable bonds is 0. The number of nitrogens with zero attached hydrogens (tertiary/aromatic N) is 1. The zero-order valence-electron chi connectivity index (χ0n) is 6.22. The van der Waals surface area contributed by atoms with Crippen LogP contribution < -0.4 is 11.3 Å². The standard InChI is InChI=1S/C6H14N4/c1-5-2-3-10(4-5)6(7)9-8/h5H,2-4,8H2,1H3,(H2,7,9). The molecule has 4 heteroatoms. The number of guanidine groups is 1. The average molecular weight is 142 g/mol. The fourth-order valence-electron chi connectivity index (χ4n) is 1.23. The highest BCUT2D eigenvalue weighted by Crippen LogP contribution is 2.13. The number of likely N-dealkylation sites (tertiary alicyclic amines) is 1. The highest BCUT2D eigenvalue weighted by molar-refractivity contribution is 5.76. The van der Waals surface area contributed by atoms with Gasteiger partial charge in [-0.2, -0.15) is 0 Å². The van der Waals surface area contributed by atoms with Gasteiger partial charge in [-0.05, 0) is 12.3 Å². The molecular formula is C6H14N4. The monoisotopic (exact) mass is 142 g/mol. The Bertz CT molecular complexity index is 134. The van der Waals surface area contributed by atoms with Crippen molar-refractivity contribution in [1.29, 1.82) is 5.41 Å². The van der Waals surface area contributed by atoms with Crippen molar-refractivity contribution in [1.82, 2.24) is 10.3 Å². The lowest BCUT2D eigenvalue weighted by molar-refractivity contribution is 0.472. The van der Waals surface area contributed by atoms with Crippen molar-refractivity contribution in [3.8, 4) is 0 Å². The Morgan fingerprint density at radius 3 is 2.90 bits per heavy atom. The smallest absolute Gasteiger partial charge is 0.205 e. The van der Waals surface area contributed by atoms with Gasteiger partial charge in [0, 0.05) is 13.1 Å². The molecule has 0 aliphatic carbocycles. The Balaban J connectivity index is 2.37. The van der Waals surface area contributed by atoms with E-state index in [-0.39, 0.29) is 0 Å². The molecule has 0 aromatic carbocycles. The maximum absolute atomic E-state index is 7.31. The van der Waals surface area contributed by atoms with Gasteiger partial charge in [-0.15, -0.1) is 0 Å². The van der Waals surface area contributed by atoms with Crippen molar-refractivity contribution in [2.45, 2.75) is 13.3 Å². The number of nitrogens with one attached hydrogen (secondary N) is 2. The number of nitrogens with two attached hydrogens (primary N) is 1. The topological polar surface area (TPSA) is 65.1 Å². The molecule has 1 unspecified atom stereocenters. The van der Waals surface area contributed by atoms with Gasteiger partial charge >= 0.3 is 0 Å². The lowest BCUT2D eigenvalue weighted by atomic mass is 10.2. The number of hydrazine groups is 1. The van der Waals surface area contributed by atoms with E-state index in [0.29, 0.717) is 11.9 Å². The zero-order chi connectivity index (χ0) is 7.56. The van der Waals surface area contributed by atoms with Crippen LogP contribution in [-0.2, 0) is 0 Å². The highest BCUT2D eigenvalue weighted by Gasteiger charge is 2.19. The minimum Gasteiger partial charge on any atom is -0.342 e. The fraction of sp³-hybridized carbons (Fsp3) is 0.833. The largest absolute Gasteiger partial charge is 0.342 e. The van der Waals surface area contributed by atoms with Gasteiger partial charge in [-0.3, -0.25) is 10.8 Å². The third kappa shape index (κ3) is 1.39. The summed E-state index contributed by atoms with van der Waals surface area (Å²) >= 11 is 0. The summed E-state index contributed by atoms with van der Waals surface area (Å²) in [6, 6.07) is 0. The molecule has 1 atom stereocenters. The molecule has 4 N–H and O–H groups in total. The van der Waals surface area contributed by atoms with E-state index in [9.17, 15) is 0 Å². The first-order valence-corrected chi connectivity index (χ1v) is 3.54. The molecule has 58 valence electrons. The zero-order valence-corrected chi connectivity index (χ0v) is 6.22. The maximum Gasteiger partial charge on any atom is 0.205 e. The molecule has 0 aromatic heterocycles. The average Bonchev–Trinajstić information content (AvgIpc) is 2.34. The van der Waals surface area contributed by atoms with Crippen molar-refractivity contribution in [2.75, 3.05) is 13.1 Å². The molecule has 1 rings (SSSR count). The van der Waals surface area contributed by atoms with Gasteiger partial charge < -0.3 is 4.90 Å². The lowest BCUT2D eigenvalue weighted by Crippen LogP contribution is -2.42. The van der Waals surface area contributed by atoms with Gasteiger partial charge in [-0.25, -0.2) is 5.84 Å². The molecule has 1 aliphatic rings. The number of hydrogen-bond donors (Lipinski definition) is 3. The van der Waals surface area contributed by atoms with E-state index < -0.39 is 0 Å². The Labute approximate surface area is 60.9 Å². The van der Waals surface area contributed by atoms with Crippen LogP contribution in [0.1, 0.15) is 13.3 Å². The molecule has 10 heavy (non-hydrogen) atoms. The van der Waals surface area contributed by atoms with E-state index in [2.05, 4.69) is 12.3 Å². The molecule has 0 radical (unpaired) electrons. The van der Waals surface area contributed by atoms with Crippen molar-refractivity contribution in [3.05, 3.63) is 0 Å². The molecule has 1 saturated heterocycles. The second-order valence-corrected chi connectivity index (χ2v) is 2.83. The summed E-state index contributed by atoms with van der Waals surface area (Å²) in [5.74, 6) is 6.12. The molecule has 0 aromatic rings. The molecule has 1 fully saturated rings. The van der Waals surface area contributed by atoms with E-state index in [0.717, 1.165) is 13.1 Å². The van der Waals surface area contributed by atoms with E-state index in [1.54, 1.807) is 0 Å². The summed E-state index contributed by atoms with van der Waals surface area (Å²) in [6.45, 7) is 4.11.